The van der Waals surface area contributed by atoms with E-state index in [1.54, 1.807) is 4.90 Å². The molecule has 0 bridgehead atoms. The highest BCUT2D eigenvalue weighted by atomic mass is 16.5. The van der Waals surface area contributed by atoms with E-state index in [1.165, 1.54) is 4.90 Å². The van der Waals surface area contributed by atoms with Crippen molar-refractivity contribution >= 4 is 17.8 Å². The fourth-order valence-corrected chi connectivity index (χ4v) is 2.46. The molecule has 1 aliphatic heterocycles. The van der Waals surface area contributed by atoms with Gasteiger partial charge in [0.2, 0.25) is 11.8 Å². The molecule has 0 aromatic carbocycles. The maximum atomic E-state index is 12.1. The highest BCUT2D eigenvalue weighted by molar-refractivity contribution is 5.84. The summed E-state index contributed by atoms with van der Waals surface area (Å²) in [5.41, 5.74) is 0. The molecule has 22 heavy (non-hydrogen) atoms. The number of carboxylic acid groups (broad SMARTS) is 1. The SMILES string of the molecule is CCCN(CCC)C(=O)CCC(=O)N1CCOC(C(=O)O)C1. The summed E-state index contributed by atoms with van der Waals surface area (Å²) in [6.07, 6.45) is 1.11. The number of carboxylic acids is 1. The molecule has 0 aromatic heterocycles. The molecule has 126 valence electrons. The van der Waals surface area contributed by atoms with Crippen molar-refractivity contribution in [3.8, 4) is 0 Å². The summed E-state index contributed by atoms with van der Waals surface area (Å²) in [5.74, 6) is -1.26. The fourth-order valence-electron chi connectivity index (χ4n) is 2.46. The van der Waals surface area contributed by atoms with Crippen LogP contribution >= 0.6 is 0 Å². The van der Waals surface area contributed by atoms with Crippen LogP contribution in [0.25, 0.3) is 0 Å². The summed E-state index contributed by atoms with van der Waals surface area (Å²) in [4.78, 5) is 38.4. The largest absolute Gasteiger partial charge is 0.479 e. The monoisotopic (exact) mass is 314 g/mol. The minimum Gasteiger partial charge on any atom is -0.479 e. The van der Waals surface area contributed by atoms with Gasteiger partial charge in [-0.3, -0.25) is 9.59 Å². The molecule has 1 aliphatic rings. The van der Waals surface area contributed by atoms with E-state index in [0.717, 1.165) is 12.8 Å². The van der Waals surface area contributed by atoms with Crippen LogP contribution in [0.5, 0.6) is 0 Å². The summed E-state index contributed by atoms with van der Waals surface area (Å²) in [7, 11) is 0. The van der Waals surface area contributed by atoms with E-state index in [-0.39, 0.29) is 37.8 Å². The summed E-state index contributed by atoms with van der Waals surface area (Å²) in [5, 5.41) is 8.92. The van der Waals surface area contributed by atoms with E-state index < -0.39 is 12.1 Å². The lowest BCUT2D eigenvalue weighted by Crippen LogP contribution is -2.48. The summed E-state index contributed by atoms with van der Waals surface area (Å²) >= 11 is 0. The molecule has 0 spiro atoms. The van der Waals surface area contributed by atoms with Crippen molar-refractivity contribution < 1.29 is 24.2 Å². The van der Waals surface area contributed by atoms with Gasteiger partial charge in [0.25, 0.3) is 0 Å². The number of rotatable bonds is 8. The van der Waals surface area contributed by atoms with Crippen molar-refractivity contribution in [1.82, 2.24) is 9.80 Å². The van der Waals surface area contributed by atoms with Crippen LogP contribution in [0, 0.1) is 0 Å². The van der Waals surface area contributed by atoms with Crippen LogP contribution in [-0.4, -0.2) is 71.6 Å². The van der Waals surface area contributed by atoms with Crippen molar-refractivity contribution in [2.24, 2.45) is 0 Å². The lowest BCUT2D eigenvalue weighted by molar-refractivity contribution is -0.159. The molecule has 1 rings (SSSR count). The van der Waals surface area contributed by atoms with Gasteiger partial charge in [-0.25, -0.2) is 4.79 Å². The number of nitrogens with zero attached hydrogens (tertiary/aromatic N) is 2. The van der Waals surface area contributed by atoms with Crippen molar-refractivity contribution in [2.45, 2.75) is 45.6 Å². The van der Waals surface area contributed by atoms with Crippen molar-refractivity contribution in [3.05, 3.63) is 0 Å². The molecule has 7 heteroatoms. The summed E-state index contributed by atoms with van der Waals surface area (Å²) < 4.78 is 5.08. The van der Waals surface area contributed by atoms with Gasteiger partial charge in [0.15, 0.2) is 6.10 Å². The van der Waals surface area contributed by atoms with E-state index in [2.05, 4.69) is 0 Å². The second-order valence-electron chi connectivity index (χ2n) is 5.42. The molecule has 1 N–H and O–H groups in total. The molecule has 0 aromatic rings. The Kier molecular flexibility index (Phi) is 7.87. The van der Waals surface area contributed by atoms with Crippen LogP contribution in [0.1, 0.15) is 39.5 Å². The van der Waals surface area contributed by atoms with Crippen molar-refractivity contribution in [1.29, 1.82) is 0 Å². The number of amides is 2. The Labute approximate surface area is 131 Å². The zero-order valence-electron chi connectivity index (χ0n) is 13.4. The molecular formula is C15H26N2O5. The number of morpholine rings is 1. The van der Waals surface area contributed by atoms with E-state index in [1.807, 2.05) is 13.8 Å². The van der Waals surface area contributed by atoms with Gasteiger partial charge in [0.1, 0.15) is 0 Å². The maximum absolute atomic E-state index is 12.1. The Bertz CT molecular complexity index is 393. The molecule has 1 fully saturated rings. The van der Waals surface area contributed by atoms with Crippen LogP contribution in [0.2, 0.25) is 0 Å². The average molecular weight is 314 g/mol. The first-order valence-corrected chi connectivity index (χ1v) is 7.89. The van der Waals surface area contributed by atoms with Gasteiger partial charge in [-0.2, -0.15) is 0 Å². The number of aliphatic carboxylic acids is 1. The molecule has 0 aliphatic carbocycles. The lowest BCUT2D eigenvalue weighted by atomic mass is 10.2. The predicted octanol–water partition coefficient (Wildman–Crippen LogP) is 0.727. The van der Waals surface area contributed by atoms with E-state index in [0.29, 0.717) is 19.6 Å². The second kappa shape index (κ2) is 9.40. The number of carbonyl (C=O) groups is 3. The number of hydrogen-bond donors (Lipinski definition) is 1. The Morgan fingerprint density at radius 2 is 1.82 bits per heavy atom. The maximum Gasteiger partial charge on any atom is 0.334 e. The zero-order valence-corrected chi connectivity index (χ0v) is 13.4. The minimum absolute atomic E-state index is 0.0138. The first-order chi connectivity index (χ1) is 10.5. The van der Waals surface area contributed by atoms with Gasteiger partial charge in [0, 0.05) is 32.5 Å². The van der Waals surface area contributed by atoms with E-state index in [9.17, 15) is 14.4 Å². The van der Waals surface area contributed by atoms with Crippen LogP contribution in [-0.2, 0) is 19.1 Å². The minimum atomic E-state index is -1.06. The zero-order chi connectivity index (χ0) is 16.5. The summed E-state index contributed by atoms with van der Waals surface area (Å²) in [6, 6.07) is 0. The number of carbonyl (C=O) groups excluding carboxylic acids is 2. The van der Waals surface area contributed by atoms with Crippen LogP contribution < -0.4 is 0 Å². The predicted molar refractivity (Wildman–Crippen MR) is 80.4 cm³/mol. The highest BCUT2D eigenvalue weighted by Crippen LogP contribution is 2.09. The van der Waals surface area contributed by atoms with E-state index >= 15 is 0 Å². The Hall–Kier alpha value is -1.63. The van der Waals surface area contributed by atoms with Gasteiger partial charge in [0.05, 0.1) is 13.2 Å². The fraction of sp³-hybridized carbons (Fsp3) is 0.800. The third-order valence-electron chi connectivity index (χ3n) is 3.59. The number of ether oxygens (including phenoxy) is 1. The van der Waals surface area contributed by atoms with Gasteiger partial charge < -0.3 is 19.6 Å². The quantitative estimate of drug-likeness (QED) is 0.713. The molecule has 0 saturated carbocycles. The van der Waals surface area contributed by atoms with E-state index in [4.69, 9.17) is 9.84 Å². The molecule has 2 amide bonds. The van der Waals surface area contributed by atoms with Gasteiger partial charge in [-0.05, 0) is 12.8 Å². The van der Waals surface area contributed by atoms with Gasteiger partial charge >= 0.3 is 5.97 Å². The third-order valence-corrected chi connectivity index (χ3v) is 3.59. The van der Waals surface area contributed by atoms with Crippen LogP contribution in [0.15, 0.2) is 0 Å². The van der Waals surface area contributed by atoms with Gasteiger partial charge in [-0.15, -0.1) is 0 Å². The molecule has 0 radical (unpaired) electrons. The molecular weight excluding hydrogens is 288 g/mol. The first-order valence-electron chi connectivity index (χ1n) is 7.89. The Balaban J connectivity index is 2.44. The normalized spacial score (nSPS) is 18.1. The molecule has 1 saturated heterocycles. The lowest BCUT2D eigenvalue weighted by Gasteiger charge is -2.31. The third kappa shape index (κ3) is 5.63. The molecule has 1 unspecified atom stereocenters. The highest BCUT2D eigenvalue weighted by Gasteiger charge is 2.29. The average Bonchev–Trinajstić information content (AvgIpc) is 2.52. The topological polar surface area (TPSA) is 87.2 Å². The Morgan fingerprint density at radius 1 is 1.18 bits per heavy atom. The second-order valence-corrected chi connectivity index (χ2v) is 5.42. The van der Waals surface area contributed by atoms with Crippen LogP contribution in [0.3, 0.4) is 0 Å². The molecule has 1 heterocycles. The number of hydrogen-bond acceptors (Lipinski definition) is 4. The standard InChI is InChI=1S/C15H26N2O5/c1-3-7-16(8-4-2)13(18)5-6-14(19)17-9-10-22-12(11-17)15(20)21/h12H,3-11H2,1-2H3,(H,20,21). The summed E-state index contributed by atoms with van der Waals surface area (Å²) in [6.45, 7) is 6.09. The smallest absolute Gasteiger partial charge is 0.334 e. The van der Waals surface area contributed by atoms with Crippen molar-refractivity contribution in [2.75, 3.05) is 32.8 Å². The molecule has 1 atom stereocenters. The Morgan fingerprint density at radius 3 is 2.36 bits per heavy atom. The first kappa shape index (κ1) is 18.4. The van der Waals surface area contributed by atoms with Crippen molar-refractivity contribution in [3.63, 3.8) is 0 Å². The van der Waals surface area contributed by atoms with Crippen LogP contribution in [0.4, 0.5) is 0 Å². The van der Waals surface area contributed by atoms with Gasteiger partial charge in [-0.1, -0.05) is 13.8 Å². The molecule has 7 nitrogen and oxygen atoms in total.